The van der Waals surface area contributed by atoms with Gasteiger partial charge in [0.25, 0.3) is 0 Å². The summed E-state index contributed by atoms with van der Waals surface area (Å²) in [6.45, 7) is -1.08. The molecule has 0 saturated carbocycles. The monoisotopic (exact) mass is 214 g/mol. The highest BCUT2D eigenvalue weighted by molar-refractivity contribution is 8.06. The van der Waals surface area contributed by atoms with Crippen molar-refractivity contribution < 1.29 is 14.3 Å². The summed E-state index contributed by atoms with van der Waals surface area (Å²) in [6, 6.07) is 0. The van der Waals surface area contributed by atoms with Crippen LogP contribution in [-0.2, 0) is 16.3 Å². The average Bonchev–Trinajstić information content (AvgIpc) is 1.94. The van der Waals surface area contributed by atoms with Gasteiger partial charge in [0, 0.05) is 13.1 Å². The van der Waals surface area contributed by atoms with Crippen molar-refractivity contribution in [2.75, 3.05) is 26.2 Å². The minimum absolute atomic E-state index is 0.266. The van der Waals surface area contributed by atoms with Gasteiger partial charge in [-0.2, -0.15) is 0 Å². The van der Waals surface area contributed by atoms with Crippen molar-refractivity contribution >= 4 is 18.5 Å². The predicted molar refractivity (Wildman–Crippen MR) is 51.2 cm³/mol. The Balaban J connectivity index is 3.06. The van der Waals surface area contributed by atoms with Crippen LogP contribution in [0, 0.1) is 0 Å². The summed E-state index contributed by atoms with van der Waals surface area (Å²) in [5.74, 6) is 0. The van der Waals surface area contributed by atoms with Crippen molar-refractivity contribution in [3.63, 3.8) is 0 Å². The molecule has 0 spiro atoms. The molecule has 0 radical (unpaired) electrons. The van der Waals surface area contributed by atoms with Gasteiger partial charge in [0.1, 0.15) is 0 Å². The van der Waals surface area contributed by atoms with E-state index < -0.39 is 6.72 Å². The number of nitrogens with one attached hydrogen (secondary N) is 1. The third kappa shape index (κ3) is 10.4. The molecule has 0 aromatic carbocycles. The Labute approximate surface area is 77.2 Å². The molecule has 0 atom stereocenters. The van der Waals surface area contributed by atoms with Crippen LogP contribution in [0.1, 0.15) is 6.42 Å². The van der Waals surface area contributed by atoms with E-state index in [0.29, 0.717) is 13.0 Å². The van der Waals surface area contributed by atoms with E-state index in [9.17, 15) is 0 Å². The van der Waals surface area contributed by atoms with Crippen LogP contribution < -0.4 is 11.1 Å². The molecule has 0 bridgehead atoms. The normalized spacial score (nSPS) is 11.9. The molecule has 0 heterocycles. The Kier molecular flexibility index (Phi) is 7.17. The Morgan fingerprint density at radius 3 is 2.58 bits per heavy atom. The molecule has 74 valence electrons. The number of nitrogens with two attached hydrogens (primary N) is 1. The lowest BCUT2D eigenvalue weighted by Gasteiger charge is -2.07. The van der Waals surface area contributed by atoms with Crippen LogP contribution >= 0.6 is 6.72 Å². The van der Waals surface area contributed by atoms with Crippen molar-refractivity contribution in [1.82, 2.24) is 5.32 Å². The van der Waals surface area contributed by atoms with Gasteiger partial charge in [-0.05, 0) is 24.8 Å². The fourth-order valence-electron chi connectivity index (χ4n) is 0.608. The Bertz CT molecular complexity index is 152. The minimum atomic E-state index is -3.44. The van der Waals surface area contributed by atoms with Crippen LogP contribution in [0.15, 0.2) is 0 Å². The average molecular weight is 214 g/mol. The summed E-state index contributed by atoms with van der Waals surface area (Å²) in [4.78, 5) is 17.3. The molecule has 5 nitrogen and oxygen atoms in total. The second-order valence-corrected chi connectivity index (χ2v) is 4.88. The molecule has 0 fully saturated rings. The van der Waals surface area contributed by atoms with Gasteiger partial charge in [-0.1, -0.05) is 0 Å². The maximum absolute atomic E-state index is 8.64. The molecule has 0 aromatic heterocycles. The molecular weight excluding hydrogens is 199 g/mol. The van der Waals surface area contributed by atoms with Crippen LogP contribution in [0.3, 0.4) is 0 Å². The molecule has 0 aromatic rings. The molecular formula is C5H15N2O3PS. The van der Waals surface area contributed by atoms with Crippen molar-refractivity contribution in [2.24, 2.45) is 5.73 Å². The molecule has 0 unspecified atom stereocenters. The Morgan fingerprint density at radius 1 is 1.42 bits per heavy atom. The van der Waals surface area contributed by atoms with Crippen LogP contribution in [0.5, 0.6) is 0 Å². The zero-order valence-corrected chi connectivity index (χ0v) is 8.48. The van der Waals surface area contributed by atoms with Gasteiger partial charge in [-0.25, -0.2) is 0 Å². The topological polar surface area (TPSA) is 87.7 Å². The summed E-state index contributed by atoms with van der Waals surface area (Å²) >= 11 is 4.25. The first-order chi connectivity index (χ1) is 5.56. The van der Waals surface area contributed by atoms with E-state index in [1.165, 1.54) is 0 Å². The molecule has 5 N–H and O–H groups in total. The van der Waals surface area contributed by atoms with E-state index >= 15 is 0 Å². The van der Waals surface area contributed by atoms with Gasteiger partial charge >= 0.3 is 6.72 Å². The summed E-state index contributed by atoms with van der Waals surface area (Å²) in [5.41, 5.74) is 5.23. The Morgan fingerprint density at radius 2 is 2.08 bits per heavy atom. The summed E-state index contributed by atoms with van der Waals surface area (Å²) < 4.78 is 4.58. The van der Waals surface area contributed by atoms with E-state index in [0.717, 1.165) is 13.1 Å². The smallest absolute Gasteiger partial charge is 0.321 e. The third-order valence-corrected chi connectivity index (χ3v) is 1.91. The maximum Gasteiger partial charge on any atom is 0.321 e. The summed E-state index contributed by atoms with van der Waals surface area (Å²) in [5, 5.41) is 3.03. The maximum atomic E-state index is 8.64. The third-order valence-electron chi connectivity index (χ3n) is 1.08. The van der Waals surface area contributed by atoms with E-state index in [1.54, 1.807) is 0 Å². The van der Waals surface area contributed by atoms with Gasteiger partial charge in [0.05, 0.1) is 6.61 Å². The zero-order chi connectivity index (χ0) is 9.45. The van der Waals surface area contributed by atoms with Crippen LogP contribution in [0.25, 0.3) is 0 Å². The first kappa shape index (κ1) is 12.4. The standard InChI is InChI=1S/C5H15N2O3PS/c6-2-4-7-3-1-5-10-11(8,9)12/h7H,1-6H2,(H2,8,9,12). The molecule has 0 saturated heterocycles. The second kappa shape index (κ2) is 6.91. The van der Waals surface area contributed by atoms with E-state index in [-0.39, 0.29) is 6.61 Å². The van der Waals surface area contributed by atoms with Crippen molar-refractivity contribution in [1.29, 1.82) is 0 Å². The number of rotatable bonds is 7. The van der Waals surface area contributed by atoms with Gasteiger partial charge in [-0.3, -0.25) is 0 Å². The molecule has 0 rings (SSSR count). The van der Waals surface area contributed by atoms with E-state index in [4.69, 9.17) is 15.5 Å². The lowest BCUT2D eigenvalue weighted by Crippen LogP contribution is -2.23. The second-order valence-electron chi connectivity index (χ2n) is 2.22. The SMILES string of the molecule is NCCNCCCOP(O)(O)=S. The fourth-order valence-corrected chi connectivity index (χ4v) is 1.20. The summed E-state index contributed by atoms with van der Waals surface area (Å²) in [7, 11) is 0. The highest BCUT2D eigenvalue weighted by Crippen LogP contribution is 2.35. The number of hydrogen-bond donors (Lipinski definition) is 4. The van der Waals surface area contributed by atoms with Crippen LogP contribution in [0.4, 0.5) is 0 Å². The van der Waals surface area contributed by atoms with Crippen molar-refractivity contribution in [3.05, 3.63) is 0 Å². The predicted octanol–water partition coefficient (Wildman–Crippen LogP) is -0.850. The summed E-state index contributed by atoms with van der Waals surface area (Å²) in [6.07, 6.45) is 0.694. The number of hydrogen-bond acceptors (Lipinski definition) is 4. The highest BCUT2D eigenvalue weighted by Gasteiger charge is 2.05. The Hall–Kier alpha value is 0.450. The fraction of sp³-hybridized carbons (Fsp3) is 1.00. The molecule has 0 aliphatic heterocycles. The van der Waals surface area contributed by atoms with Crippen molar-refractivity contribution in [2.45, 2.75) is 6.42 Å². The van der Waals surface area contributed by atoms with Crippen LogP contribution in [0.2, 0.25) is 0 Å². The first-order valence-corrected chi connectivity index (χ1v) is 6.29. The van der Waals surface area contributed by atoms with Gasteiger partial charge in [-0.15, -0.1) is 0 Å². The van der Waals surface area contributed by atoms with Gasteiger partial charge in [0.2, 0.25) is 0 Å². The molecule has 0 aliphatic rings. The van der Waals surface area contributed by atoms with Crippen LogP contribution in [-0.4, -0.2) is 36.0 Å². The van der Waals surface area contributed by atoms with E-state index in [2.05, 4.69) is 21.6 Å². The zero-order valence-electron chi connectivity index (χ0n) is 6.77. The lowest BCUT2D eigenvalue weighted by atomic mass is 10.4. The molecule has 12 heavy (non-hydrogen) atoms. The quantitative estimate of drug-likeness (QED) is 0.326. The lowest BCUT2D eigenvalue weighted by molar-refractivity contribution is 0.247. The van der Waals surface area contributed by atoms with Gasteiger partial charge < -0.3 is 25.4 Å². The molecule has 0 amide bonds. The van der Waals surface area contributed by atoms with Crippen molar-refractivity contribution in [3.8, 4) is 0 Å². The highest BCUT2D eigenvalue weighted by atomic mass is 32.5. The largest absolute Gasteiger partial charge is 0.329 e. The van der Waals surface area contributed by atoms with Gasteiger partial charge in [0.15, 0.2) is 0 Å². The minimum Gasteiger partial charge on any atom is -0.329 e. The van der Waals surface area contributed by atoms with E-state index in [1.807, 2.05) is 0 Å². The molecule has 7 heteroatoms. The first-order valence-electron chi connectivity index (χ1n) is 3.67. The molecule has 0 aliphatic carbocycles.